The van der Waals surface area contributed by atoms with Crippen LogP contribution in [0.2, 0.25) is 0 Å². The number of carbonyl (C=O) groups is 2. The highest BCUT2D eigenvalue weighted by atomic mass is 16.5. The molecule has 1 atom stereocenters. The normalized spacial score (nSPS) is 11.7. The Morgan fingerprint density at radius 2 is 1.69 bits per heavy atom. The summed E-state index contributed by atoms with van der Waals surface area (Å²) in [5.74, 6) is 0.0921. The van der Waals surface area contributed by atoms with E-state index in [4.69, 9.17) is 9.47 Å². The van der Waals surface area contributed by atoms with Crippen molar-refractivity contribution in [2.45, 2.75) is 19.1 Å². The molecule has 1 N–H and O–H groups in total. The SMILES string of the molecule is COCCNC(=O)C(c1ccc(OC)cc1)N(Cc1ccccc1)C(=O)Cn1nnc2ccccc21. The van der Waals surface area contributed by atoms with Gasteiger partial charge in [0.1, 0.15) is 23.9 Å². The predicted octanol–water partition coefficient (Wildman–Crippen LogP) is 2.97. The Labute approximate surface area is 209 Å². The maximum absolute atomic E-state index is 13.8. The third-order valence-corrected chi connectivity index (χ3v) is 5.82. The van der Waals surface area contributed by atoms with E-state index in [0.717, 1.165) is 11.1 Å². The number of hydrogen-bond donors (Lipinski definition) is 1. The Morgan fingerprint density at radius 3 is 2.42 bits per heavy atom. The van der Waals surface area contributed by atoms with Crippen molar-refractivity contribution in [1.82, 2.24) is 25.2 Å². The average Bonchev–Trinajstić information content (AvgIpc) is 3.32. The number of hydrogen-bond acceptors (Lipinski definition) is 6. The molecule has 0 spiro atoms. The second-order valence-electron chi connectivity index (χ2n) is 8.20. The third kappa shape index (κ3) is 5.87. The highest BCUT2D eigenvalue weighted by molar-refractivity contribution is 5.89. The van der Waals surface area contributed by atoms with Gasteiger partial charge in [-0.3, -0.25) is 9.59 Å². The van der Waals surface area contributed by atoms with Gasteiger partial charge in [-0.25, -0.2) is 4.68 Å². The zero-order valence-electron chi connectivity index (χ0n) is 20.3. The van der Waals surface area contributed by atoms with Crippen LogP contribution in [0.1, 0.15) is 17.2 Å². The summed E-state index contributed by atoms with van der Waals surface area (Å²) in [5.41, 5.74) is 3.01. The van der Waals surface area contributed by atoms with Crippen molar-refractivity contribution in [3.8, 4) is 5.75 Å². The van der Waals surface area contributed by atoms with Crippen molar-refractivity contribution in [1.29, 1.82) is 0 Å². The number of amides is 2. The lowest BCUT2D eigenvalue weighted by Gasteiger charge is -2.31. The molecule has 4 rings (SSSR count). The fourth-order valence-corrected chi connectivity index (χ4v) is 3.99. The minimum atomic E-state index is -0.879. The van der Waals surface area contributed by atoms with Crippen LogP contribution in [0.5, 0.6) is 5.75 Å². The van der Waals surface area contributed by atoms with Crippen LogP contribution in [0.15, 0.2) is 78.9 Å². The molecule has 0 fully saturated rings. The summed E-state index contributed by atoms with van der Waals surface area (Å²) >= 11 is 0. The van der Waals surface area contributed by atoms with Crippen LogP contribution < -0.4 is 10.1 Å². The van der Waals surface area contributed by atoms with Crippen molar-refractivity contribution in [2.24, 2.45) is 0 Å². The first-order chi connectivity index (χ1) is 17.6. The zero-order valence-corrected chi connectivity index (χ0v) is 20.3. The number of ether oxygens (including phenoxy) is 2. The summed E-state index contributed by atoms with van der Waals surface area (Å²) in [4.78, 5) is 28.9. The monoisotopic (exact) mass is 487 g/mol. The maximum Gasteiger partial charge on any atom is 0.247 e. The lowest BCUT2D eigenvalue weighted by molar-refractivity contribution is -0.142. The summed E-state index contributed by atoms with van der Waals surface area (Å²) in [7, 11) is 3.15. The number of nitrogens with one attached hydrogen (secondary N) is 1. The quantitative estimate of drug-likeness (QED) is 0.327. The lowest BCUT2D eigenvalue weighted by Crippen LogP contribution is -2.45. The summed E-state index contributed by atoms with van der Waals surface area (Å²) in [6, 6.07) is 23.3. The van der Waals surface area contributed by atoms with E-state index in [0.29, 0.717) is 30.0 Å². The van der Waals surface area contributed by atoms with Crippen molar-refractivity contribution in [3.05, 3.63) is 90.0 Å². The van der Waals surface area contributed by atoms with Gasteiger partial charge in [0.2, 0.25) is 11.8 Å². The molecule has 2 amide bonds. The van der Waals surface area contributed by atoms with Gasteiger partial charge in [0.05, 0.1) is 19.2 Å². The van der Waals surface area contributed by atoms with Gasteiger partial charge in [-0.15, -0.1) is 5.10 Å². The Bertz CT molecular complexity index is 1290. The Morgan fingerprint density at radius 1 is 0.972 bits per heavy atom. The molecule has 9 heteroatoms. The van der Waals surface area contributed by atoms with Crippen molar-refractivity contribution >= 4 is 22.8 Å². The number of rotatable bonds is 11. The van der Waals surface area contributed by atoms with E-state index in [1.165, 1.54) is 0 Å². The highest BCUT2D eigenvalue weighted by Crippen LogP contribution is 2.26. The summed E-state index contributed by atoms with van der Waals surface area (Å²) in [5, 5.41) is 11.2. The number of nitrogens with zero attached hydrogens (tertiary/aromatic N) is 4. The number of para-hydroxylation sites is 1. The van der Waals surface area contributed by atoms with Gasteiger partial charge in [-0.1, -0.05) is 59.8 Å². The van der Waals surface area contributed by atoms with E-state index in [1.807, 2.05) is 54.6 Å². The van der Waals surface area contributed by atoms with E-state index in [9.17, 15) is 9.59 Å². The van der Waals surface area contributed by atoms with E-state index in [2.05, 4.69) is 15.6 Å². The molecule has 0 aliphatic rings. The van der Waals surface area contributed by atoms with Crippen LogP contribution in [0.4, 0.5) is 0 Å². The number of fused-ring (bicyclic) bond motifs is 1. The molecule has 9 nitrogen and oxygen atoms in total. The Kier molecular flexibility index (Phi) is 8.25. The standard InChI is InChI=1S/C27H29N5O4/c1-35-17-16-28-27(34)26(21-12-14-22(36-2)15-13-21)31(18-20-8-4-3-5-9-20)25(33)19-32-24-11-7-6-10-23(24)29-30-32/h3-15,26H,16-19H2,1-2H3,(H,28,34). The topological polar surface area (TPSA) is 98.6 Å². The number of methoxy groups -OCH3 is 2. The lowest BCUT2D eigenvalue weighted by atomic mass is 10.0. The van der Waals surface area contributed by atoms with E-state index in [-0.39, 0.29) is 24.9 Å². The van der Waals surface area contributed by atoms with Crippen LogP contribution in [-0.2, 0) is 27.4 Å². The smallest absolute Gasteiger partial charge is 0.247 e. The van der Waals surface area contributed by atoms with E-state index >= 15 is 0 Å². The zero-order chi connectivity index (χ0) is 25.3. The molecule has 0 saturated heterocycles. The molecule has 186 valence electrons. The molecule has 1 heterocycles. The first-order valence-corrected chi connectivity index (χ1v) is 11.6. The van der Waals surface area contributed by atoms with Crippen LogP contribution >= 0.6 is 0 Å². The van der Waals surface area contributed by atoms with Crippen LogP contribution in [0, 0.1) is 0 Å². The number of aromatic nitrogens is 3. The first kappa shape index (κ1) is 24.9. The Balaban J connectivity index is 1.71. The second kappa shape index (κ2) is 11.9. The molecule has 0 saturated carbocycles. The molecular formula is C27H29N5O4. The first-order valence-electron chi connectivity index (χ1n) is 11.6. The molecule has 0 radical (unpaired) electrons. The molecular weight excluding hydrogens is 458 g/mol. The summed E-state index contributed by atoms with van der Waals surface area (Å²) in [6.07, 6.45) is 0. The van der Waals surface area contributed by atoms with Gasteiger partial charge in [0.15, 0.2) is 0 Å². The molecule has 4 aromatic rings. The minimum Gasteiger partial charge on any atom is -0.497 e. The van der Waals surface area contributed by atoms with Crippen LogP contribution in [0.3, 0.4) is 0 Å². The number of carbonyl (C=O) groups excluding carboxylic acids is 2. The van der Waals surface area contributed by atoms with Crippen molar-refractivity contribution in [3.63, 3.8) is 0 Å². The van der Waals surface area contributed by atoms with Crippen LogP contribution in [0.25, 0.3) is 11.0 Å². The van der Waals surface area contributed by atoms with Gasteiger partial charge in [-0.05, 0) is 35.4 Å². The maximum atomic E-state index is 13.8. The third-order valence-electron chi connectivity index (χ3n) is 5.82. The molecule has 3 aromatic carbocycles. The predicted molar refractivity (Wildman–Crippen MR) is 135 cm³/mol. The second-order valence-corrected chi connectivity index (χ2v) is 8.20. The molecule has 1 unspecified atom stereocenters. The fraction of sp³-hybridized carbons (Fsp3) is 0.259. The summed E-state index contributed by atoms with van der Waals surface area (Å²) in [6.45, 7) is 0.855. The fourth-order valence-electron chi connectivity index (χ4n) is 3.99. The molecule has 0 aliphatic heterocycles. The highest BCUT2D eigenvalue weighted by Gasteiger charge is 2.32. The van der Waals surface area contributed by atoms with Gasteiger partial charge in [-0.2, -0.15) is 0 Å². The minimum absolute atomic E-state index is 0.0641. The van der Waals surface area contributed by atoms with Gasteiger partial charge < -0.3 is 19.7 Å². The van der Waals surface area contributed by atoms with Gasteiger partial charge in [0, 0.05) is 20.2 Å². The molecule has 0 bridgehead atoms. The Hall–Kier alpha value is -4.24. The van der Waals surface area contributed by atoms with Crippen molar-refractivity contribution in [2.75, 3.05) is 27.4 Å². The number of benzene rings is 3. The average molecular weight is 488 g/mol. The van der Waals surface area contributed by atoms with Crippen molar-refractivity contribution < 1.29 is 19.1 Å². The van der Waals surface area contributed by atoms with Crippen LogP contribution in [-0.4, -0.2) is 59.1 Å². The van der Waals surface area contributed by atoms with Gasteiger partial charge >= 0.3 is 0 Å². The molecule has 0 aliphatic carbocycles. The largest absolute Gasteiger partial charge is 0.497 e. The van der Waals surface area contributed by atoms with E-state index in [1.54, 1.807) is 48.1 Å². The summed E-state index contributed by atoms with van der Waals surface area (Å²) < 4.78 is 11.9. The van der Waals surface area contributed by atoms with E-state index < -0.39 is 6.04 Å². The molecule has 36 heavy (non-hydrogen) atoms. The molecule has 1 aromatic heterocycles. The van der Waals surface area contributed by atoms with Gasteiger partial charge in [0.25, 0.3) is 0 Å².